The molecule has 0 spiro atoms. The van der Waals surface area contributed by atoms with Crippen molar-refractivity contribution in [3.05, 3.63) is 94.3 Å². The molecule has 0 radical (unpaired) electrons. The second-order valence-electron chi connectivity index (χ2n) is 8.29. The lowest BCUT2D eigenvalue weighted by molar-refractivity contribution is 0.0925. The Balaban J connectivity index is 1.63. The zero-order valence-electron chi connectivity index (χ0n) is 19.2. The van der Waals surface area contributed by atoms with Gasteiger partial charge in [0.15, 0.2) is 11.5 Å². The van der Waals surface area contributed by atoms with Gasteiger partial charge in [-0.15, -0.1) is 0 Å². The first kappa shape index (κ1) is 22.8. The molecule has 0 saturated carbocycles. The Bertz CT molecular complexity index is 1130. The van der Waals surface area contributed by atoms with Crippen molar-refractivity contribution in [1.82, 2.24) is 10.2 Å². The van der Waals surface area contributed by atoms with Crippen LogP contribution < -0.4 is 14.8 Å². The minimum absolute atomic E-state index is 0.0634. The van der Waals surface area contributed by atoms with Gasteiger partial charge in [0.1, 0.15) is 5.82 Å². The molecule has 33 heavy (non-hydrogen) atoms. The van der Waals surface area contributed by atoms with Crippen molar-refractivity contribution in [3.8, 4) is 11.5 Å². The maximum absolute atomic E-state index is 13.4. The van der Waals surface area contributed by atoms with Crippen LogP contribution in [0.3, 0.4) is 0 Å². The highest BCUT2D eigenvalue weighted by atomic mass is 19.1. The number of nitrogens with zero attached hydrogens (tertiary/aromatic N) is 1. The van der Waals surface area contributed by atoms with Gasteiger partial charge in [0.25, 0.3) is 5.91 Å². The third-order valence-corrected chi connectivity index (χ3v) is 6.26. The van der Waals surface area contributed by atoms with Gasteiger partial charge in [-0.3, -0.25) is 9.69 Å². The van der Waals surface area contributed by atoms with E-state index in [-0.39, 0.29) is 17.8 Å². The number of benzene rings is 3. The van der Waals surface area contributed by atoms with Crippen molar-refractivity contribution in [2.45, 2.75) is 25.9 Å². The van der Waals surface area contributed by atoms with Gasteiger partial charge in [-0.1, -0.05) is 30.3 Å². The molecule has 0 unspecified atom stereocenters. The summed E-state index contributed by atoms with van der Waals surface area (Å²) in [6, 6.07) is 18.1. The van der Waals surface area contributed by atoms with E-state index < -0.39 is 0 Å². The first-order chi connectivity index (χ1) is 16.0. The third kappa shape index (κ3) is 5.01. The molecule has 0 aromatic heterocycles. The number of fused-ring (bicyclic) bond motifs is 1. The summed E-state index contributed by atoms with van der Waals surface area (Å²) >= 11 is 0. The van der Waals surface area contributed by atoms with Crippen LogP contribution >= 0.6 is 0 Å². The first-order valence-electron chi connectivity index (χ1n) is 11.1. The van der Waals surface area contributed by atoms with Crippen LogP contribution in [0.2, 0.25) is 0 Å². The second-order valence-corrected chi connectivity index (χ2v) is 8.29. The van der Waals surface area contributed by atoms with Gasteiger partial charge < -0.3 is 14.8 Å². The molecule has 1 N–H and O–H groups in total. The summed E-state index contributed by atoms with van der Waals surface area (Å²) in [5.41, 5.74) is 4.92. The van der Waals surface area contributed by atoms with E-state index in [2.05, 4.69) is 10.2 Å². The zero-order valence-corrected chi connectivity index (χ0v) is 19.2. The number of carbonyl (C=O) groups excluding carboxylic acids is 1. The number of hydrogen-bond donors (Lipinski definition) is 1. The third-order valence-electron chi connectivity index (χ3n) is 6.26. The molecule has 5 nitrogen and oxygen atoms in total. The Morgan fingerprint density at radius 1 is 1.06 bits per heavy atom. The van der Waals surface area contributed by atoms with Crippen LogP contribution in [0.25, 0.3) is 0 Å². The molecular weight excluding hydrogens is 419 g/mol. The topological polar surface area (TPSA) is 50.8 Å². The molecule has 1 heterocycles. The minimum atomic E-state index is -0.249. The van der Waals surface area contributed by atoms with Crippen molar-refractivity contribution >= 4 is 5.91 Å². The lowest BCUT2D eigenvalue weighted by Crippen LogP contribution is -2.42. The number of rotatable bonds is 7. The zero-order chi connectivity index (χ0) is 23.4. The van der Waals surface area contributed by atoms with Crippen LogP contribution in [0.15, 0.2) is 60.7 Å². The fourth-order valence-electron chi connectivity index (χ4n) is 4.44. The minimum Gasteiger partial charge on any atom is -0.493 e. The summed E-state index contributed by atoms with van der Waals surface area (Å²) in [6.45, 7) is 3.84. The Hall–Kier alpha value is -3.38. The lowest BCUT2D eigenvalue weighted by atomic mass is 9.91. The van der Waals surface area contributed by atoms with E-state index in [4.69, 9.17) is 9.47 Å². The SMILES string of the molecule is COc1cc2c(cc1OC)[C@@H](CNC(=O)c1ccccc1C)N(Cc1ccc(F)cc1)CC2. The number of methoxy groups -OCH3 is 2. The van der Waals surface area contributed by atoms with E-state index >= 15 is 0 Å². The van der Waals surface area contributed by atoms with Gasteiger partial charge in [-0.2, -0.15) is 0 Å². The number of ether oxygens (including phenoxy) is 2. The molecule has 4 rings (SSSR count). The second kappa shape index (κ2) is 10.0. The smallest absolute Gasteiger partial charge is 0.251 e. The molecule has 6 heteroatoms. The molecule has 3 aromatic rings. The molecule has 1 aliphatic rings. The van der Waals surface area contributed by atoms with E-state index in [0.717, 1.165) is 29.7 Å². The lowest BCUT2D eigenvalue weighted by Gasteiger charge is -2.38. The predicted octanol–water partition coefficient (Wildman–Crippen LogP) is 4.68. The number of nitrogens with one attached hydrogen (secondary N) is 1. The summed E-state index contributed by atoms with van der Waals surface area (Å²) in [6.07, 6.45) is 0.846. The quantitative estimate of drug-likeness (QED) is 0.570. The van der Waals surface area contributed by atoms with Crippen LogP contribution in [0.5, 0.6) is 11.5 Å². The summed E-state index contributed by atoms with van der Waals surface area (Å²) in [4.78, 5) is 15.2. The van der Waals surface area contributed by atoms with Gasteiger partial charge in [0.05, 0.1) is 20.3 Å². The van der Waals surface area contributed by atoms with Crippen LogP contribution in [-0.2, 0) is 13.0 Å². The van der Waals surface area contributed by atoms with E-state index in [1.165, 1.54) is 17.7 Å². The highest BCUT2D eigenvalue weighted by Crippen LogP contribution is 2.38. The molecule has 1 amide bonds. The highest BCUT2D eigenvalue weighted by molar-refractivity contribution is 5.95. The van der Waals surface area contributed by atoms with E-state index in [1.54, 1.807) is 14.2 Å². The van der Waals surface area contributed by atoms with Crippen molar-refractivity contribution in [2.75, 3.05) is 27.3 Å². The fourth-order valence-corrected chi connectivity index (χ4v) is 4.44. The average Bonchev–Trinajstić information content (AvgIpc) is 2.83. The number of halogens is 1. The first-order valence-corrected chi connectivity index (χ1v) is 11.1. The van der Waals surface area contributed by atoms with Gasteiger partial charge in [-0.25, -0.2) is 4.39 Å². The van der Waals surface area contributed by atoms with Crippen LogP contribution in [0.1, 0.15) is 38.7 Å². The van der Waals surface area contributed by atoms with Crippen LogP contribution in [0, 0.1) is 12.7 Å². The monoisotopic (exact) mass is 448 g/mol. The molecule has 3 aromatic carbocycles. The normalized spacial score (nSPS) is 15.6. The standard InChI is InChI=1S/C27H29FN2O3/c1-18-6-4-5-7-22(18)27(31)29-16-24-23-15-26(33-3)25(32-2)14-20(23)12-13-30(24)17-19-8-10-21(28)11-9-19/h4-11,14-15,24H,12-13,16-17H2,1-3H3,(H,29,31)/t24-/m1/s1. The van der Waals surface area contributed by atoms with E-state index in [9.17, 15) is 9.18 Å². The van der Waals surface area contributed by atoms with Crippen LogP contribution in [0.4, 0.5) is 4.39 Å². The summed E-state index contributed by atoms with van der Waals surface area (Å²) in [5, 5.41) is 3.13. The van der Waals surface area contributed by atoms with Crippen molar-refractivity contribution in [1.29, 1.82) is 0 Å². The number of carbonyl (C=O) groups is 1. The summed E-state index contributed by atoms with van der Waals surface area (Å²) in [5.74, 6) is 1.02. The highest BCUT2D eigenvalue weighted by Gasteiger charge is 2.29. The molecule has 0 saturated heterocycles. The summed E-state index contributed by atoms with van der Waals surface area (Å²) in [7, 11) is 3.26. The van der Waals surface area contributed by atoms with Gasteiger partial charge >= 0.3 is 0 Å². The number of aryl methyl sites for hydroxylation is 1. The van der Waals surface area contributed by atoms with Crippen LogP contribution in [-0.4, -0.2) is 38.1 Å². The fraction of sp³-hybridized carbons (Fsp3) is 0.296. The Labute approximate surface area is 194 Å². The largest absolute Gasteiger partial charge is 0.493 e. The van der Waals surface area contributed by atoms with E-state index in [1.807, 2.05) is 55.5 Å². The Kier molecular flexibility index (Phi) is 6.94. The maximum Gasteiger partial charge on any atom is 0.251 e. The molecule has 0 bridgehead atoms. The van der Waals surface area contributed by atoms with Gasteiger partial charge in [0, 0.05) is 25.2 Å². The van der Waals surface area contributed by atoms with Crippen molar-refractivity contribution in [3.63, 3.8) is 0 Å². The Morgan fingerprint density at radius 2 is 1.76 bits per heavy atom. The summed E-state index contributed by atoms with van der Waals surface area (Å²) < 4.78 is 24.5. The number of amides is 1. The van der Waals surface area contributed by atoms with Gasteiger partial charge in [-0.05, 0) is 65.9 Å². The number of hydrogen-bond acceptors (Lipinski definition) is 4. The van der Waals surface area contributed by atoms with E-state index in [0.29, 0.717) is 30.2 Å². The van der Waals surface area contributed by atoms with Crippen molar-refractivity contribution in [2.24, 2.45) is 0 Å². The molecule has 0 aliphatic carbocycles. The molecule has 1 aliphatic heterocycles. The Morgan fingerprint density at radius 3 is 2.45 bits per heavy atom. The molecule has 1 atom stereocenters. The molecular formula is C27H29FN2O3. The average molecular weight is 449 g/mol. The van der Waals surface area contributed by atoms with Gasteiger partial charge in [0.2, 0.25) is 0 Å². The van der Waals surface area contributed by atoms with Crippen molar-refractivity contribution < 1.29 is 18.7 Å². The maximum atomic E-state index is 13.4. The predicted molar refractivity (Wildman–Crippen MR) is 126 cm³/mol. The molecule has 0 fully saturated rings. The molecule has 172 valence electrons.